The first-order chi connectivity index (χ1) is 9.62. The van der Waals surface area contributed by atoms with E-state index in [1.165, 1.54) is 0 Å². The van der Waals surface area contributed by atoms with Gasteiger partial charge >= 0.3 is 0 Å². The molecule has 1 atom stereocenters. The van der Waals surface area contributed by atoms with Crippen LogP contribution in [0.4, 0.5) is 0 Å². The van der Waals surface area contributed by atoms with Crippen molar-refractivity contribution < 1.29 is 9.47 Å². The summed E-state index contributed by atoms with van der Waals surface area (Å²) in [4.78, 5) is 0. The van der Waals surface area contributed by atoms with Gasteiger partial charge in [0.2, 0.25) is 0 Å². The molecule has 106 valence electrons. The molecule has 1 saturated heterocycles. The zero-order valence-corrected chi connectivity index (χ0v) is 11.9. The lowest BCUT2D eigenvalue weighted by atomic mass is 10.1. The summed E-state index contributed by atoms with van der Waals surface area (Å²) in [6.07, 6.45) is 2.04. The van der Waals surface area contributed by atoms with Crippen molar-refractivity contribution in [1.29, 1.82) is 0 Å². The monoisotopic (exact) mass is 272 g/mol. The number of H-pyrrole nitrogens is 1. The average Bonchev–Trinajstić information content (AvgIpc) is 3.04. The summed E-state index contributed by atoms with van der Waals surface area (Å²) < 4.78 is 11.4. The van der Waals surface area contributed by atoms with Crippen molar-refractivity contribution in [3.8, 4) is 11.3 Å². The van der Waals surface area contributed by atoms with Gasteiger partial charge in [0.15, 0.2) is 5.79 Å². The second kappa shape index (κ2) is 5.38. The van der Waals surface area contributed by atoms with Gasteiger partial charge in [-0.2, -0.15) is 5.10 Å². The third-order valence-corrected chi connectivity index (χ3v) is 3.50. The Balaban J connectivity index is 1.58. The van der Waals surface area contributed by atoms with Gasteiger partial charge in [0.05, 0.1) is 18.4 Å². The molecule has 1 aliphatic rings. The van der Waals surface area contributed by atoms with E-state index in [4.69, 9.17) is 9.47 Å². The maximum atomic E-state index is 5.81. The number of hydrogen-bond acceptors (Lipinski definition) is 3. The van der Waals surface area contributed by atoms with Gasteiger partial charge in [-0.25, -0.2) is 0 Å². The summed E-state index contributed by atoms with van der Waals surface area (Å²) in [6, 6.07) is 12.3. The summed E-state index contributed by atoms with van der Waals surface area (Å²) in [5.74, 6) is -0.437. The van der Waals surface area contributed by atoms with Crippen molar-refractivity contribution in [3.63, 3.8) is 0 Å². The minimum absolute atomic E-state index is 0.175. The highest BCUT2D eigenvalue weighted by Crippen LogP contribution is 2.25. The molecule has 1 aliphatic heterocycles. The first-order valence-corrected chi connectivity index (χ1v) is 7.04. The second-order valence-electron chi connectivity index (χ2n) is 5.63. The second-order valence-corrected chi connectivity index (χ2v) is 5.63. The standard InChI is InChI=1S/C16H20N2O2/c1-16(2)19-11-14(20-16)9-8-13-10-15(18-17-13)12-6-4-3-5-7-12/h3-7,10,14H,8-9,11H2,1-2H3,(H,17,18)/t14-/m1/s1. The van der Waals surface area contributed by atoms with E-state index < -0.39 is 5.79 Å². The van der Waals surface area contributed by atoms with E-state index in [1.807, 2.05) is 32.0 Å². The van der Waals surface area contributed by atoms with Crippen LogP contribution in [0.15, 0.2) is 36.4 Å². The summed E-state index contributed by atoms with van der Waals surface area (Å²) in [6.45, 7) is 4.58. The molecular weight excluding hydrogens is 252 g/mol. The lowest BCUT2D eigenvalue weighted by molar-refractivity contribution is -0.138. The molecule has 0 bridgehead atoms. The minimum atomic E-state index is -0.437. The molecule has 1 fully saturated rings. The number of nitrogens with one attached hydrogen (secondary N) is 1. The number of ether oxygens (including phenoxy) is 2. The highest BCUT2D eigenvalue weighted by atomic mass is 16.7. The van der Waals surface area contributed by atoms with Gasteiger partial charge in [0.25, 0.3) is 0 Å². The van der Waals surface area contributed by atoms with Gasteiger partial charge in [-0.3, -0.25) is 5.10 Å². The van der Waals surface area contributed by atoms with E-state index in [1.54, 1.807) is 0 Å². The van der Waals surface area contributed by atoms with E-state index >= 15 is 0 Å². The third kappa shape index (κ3) is 3.08. The molecule has 0 radical (unpaired) electrons. The molecule has 4 nitrogen and oxygen atoms in total. The van der Waals surface area contributed by atoms with Gasteiger partial charge in [0, 0.05) is 11.3 Å². The Kier molecular flexibility index (Phi) is 3.59. The molecule has 3 rings (SSSR count). The Morgan fingerprint density at radius 3 is 2.80 bits per heavy atom. The molecule has 0 unspecified atom stereocenters. The minimum Gasteiger partial charge on any atom is -0.348 e. The maximum Gasteiger partial charge on any atom is 0.163 e. The summed E-state index contributed by atoms with van der Waals surface area (Å²) in [7, 11) is 0. The lowest BCUT2D eigenvalue weighted by Crippen LogP contribution is -2.21. The summed E-state index contributed by atoms with van der Waals surface area (Å²) in [5.41, 5.74) is 3.26. The van der Waals surface area contributed by atoms with Gasteiger partial charge in [-0.1, -0.05) is 30.3 Å². The quantitative estimate of drug-likeness (QED) is 0.930. The Morgan fingerprint density at radius 2 is 2.10 bits per heavy atom. The van der Waals surface area contributed by atoms with Gasteiger partial charge in [-0.05, 0) is 32.8 Å². The molecule has 20 heavy (non-hydrogen) atoms. The third-order valence-electron chi connectivity index (χ3n) is 3.50. The summed E-state index contributed by atoms with van der Waals surface area (Å²) >= 11 is 0. The number of aromatic nitrogens is 2. The molecule has 2 heterocycles. The zero-order chi connectivity index (χ0) is 14.0. The highest BCUT2D eigenvalue weighted by molar-refractivity contribution is 5.58. The van der Waals surface area contributed by atoms with Crippen molar-refractivity contribution in [2.75, 3.05) is 6.61 Å². The van der Waals surface area contributed by atoms with Crippen LogP contribution in [-0.4, -0.2) is 28.7 Å². The zero-order valence-electron chi connectivity index (χ0n) is 11.9. The smallest absolute Gasteiger partial charge is 0.163 e. The van der Waals surface area contributed by atoms with E-state index in [9.17, 15) is 0 Å². The maximum absolute atomic E-state index is 5.81. The fraction of sp³-hybridized carbons (Fsp3) is 0.438. The Hall–Kier alpha value is -1.65. The van der Waals surface area contributed by atoms with Gasteiger partial charge in [-0.15, -0.1) is 0 Å². The highest BCUT2D eigenvalue weighted by Gasteiger charge is 2.32. The van der Waals surface area contributed by atoms with Crippen molar-refractivity contribution in [1.82, 2.24) is 10.2 Å². The number of hydrogen-bond donors (Lipinski definition) is 1. The van der Waals surface area contributed by atoms with Crippen LogP contribution in [0, 0.1) is 0 Å². The van der Waals surface area contributed by atoms with E-state index in [-0.39, 0.29) is 6.10 Å². The normalized spacial score (nSPS) is 21.2. The Labute approximate surface area is 119 Å². The fourth-order valence-electron chi connectivity index (χ4n) is 2.47. The number of benzene rings is 1. The SMILES string of the molecule is CC1(C)OC[C@@H](CCc2cc(-c3ccccc3)n[nH]2)O1. The fourth-order valence-corrected chi connectivity index (χ4v) is 2.47. The topological polar surface area (TPSA) is 47.1 Å². The van der Waals surface area contributed by atoms with E-state index in [0.717, 1.165) is 29.8 Å². The molecule has 0 aliphatic carbocycles. The van der Waals surface area contributed by atoms with Crippen LogP contribution < -0.4 is 0 Å². The molecule has 1 aromatic heterocycles. The number of aromatic amines is 1. The Morgan fingerprint density at radius 1 is 1.30 bits per heavy atom. The van der Waals surface area contributed by atoms with Crippen LogP contribution >= 0.6 is 0 Å². The molecular formula is C16H20N2O2. The molecule has 0 spiro atoms. The van der Waals surface area contributed by atoms with Crippen LogP contribution in [-0.2, 0) is 15.9 Å². The van der Waals surface area contributed by atoms with Crippen LogP contribution in [0.2, 0.25) is 0 Å². The molecule has 0 saturated carbocycles. The lowest BCUT2D eigenvalue weighted by Gasteiger charge is -2.16. The van der Waals surface area contributed by atoms with Crippen LogP contribution in [0.5, 0.6) is 0 Å². The molecule has 4 heteroatoms. The van der Waals surface area contributed by atoms with E-state index in [0.29, 0.717) is 6.61 Å². The first-order valence-electron chi connectivity index (χ1n) is 7.04. The van der Waals surface area contributed by atoms with Crippen LogP contribution in [0.1, 0.15) is 26.0 Å². The summed E-state index contributed by atoms with van der Waals surface area (Å²) in [5, 5.41) is 7.47. The Bertz CT molecular complexity index is 563. The first kappa shape index (κ1) is 13.3. The van der Waals surface area contributed by atoms with E-state index in [2.05, 4.69) is 28.4 Å². The van der Waals surface area contributed by atoms with Crippen molar-refractivity contribution >= 4 is 0 Å². The number of aryl methyl sites for hydroxylation is 1. The largest absolute Gasteiger partial charge is 0.348 e. The molecule has 1 N–H and O–H groups in total. The van der Waals surface area contributed by atoms with Crippen molar-refractivity contribution in [3.05, 3.63) is 42.1 Å². The predicted octanol–water partition coefficient (Wildman–Crippen LogP) is 3.16. The molecule has 1 aromatic carbocycles. The molecule has 2 aromatic rings. The van der Waals surface area contributed by atoms with Crippen molar-refractivity contribution in [2.45, 2.75) is 38.6 Å². The van der Waals surface area contributed by atoms with Gasteiger partial charge < -0.3 is 9.47 Å². The van der Waals surface area contributed by atoms with Crippen LogP contribution in [0.3, 0.4) is 0 Å². The predicted molar refractivity (Wildman–Crippen MR) is 77.2 cm³/mol. The van der Waals surface area contributed by atoms with Crippen molar-refractivity contribution in [2.24, 2.45) is 0 Å². The number of nitrogens with zero attached hydrogens (tertiary/aromatic N) is 1. The average molecular weight is 272 g/mol. The van der Waals surface area contributed by atoms with Gasteiger partial charge in [0.1, 0.15) is 0 Å². The van der Waals surface area contributed by atoms with Crippen LogP contribution in [0.25, 0.3) is 11.3 Å². The number of rotatable bonds is 4. The molecule has 0 amide bonds.